The van der Waals surface area contributed by atoms with Gasteiger partial charge in [0.1, 0.15) is 11.3 Å². The van der Waals surface area contributed by atoms with E-state index in [0.717, 1.165) is 12.0 Å². The van der Waals surface area contributed by atoms with Crippen molar-refractivity contribution in [2.24, 2.45) is 0 Å². The number of nitrogens with zero attached hydrogens (tertiary/aromatic N) is 1. The Balaban J connectivity index is 2.74. The number of phenols is 1. The Morgan fingerprint density at radius 2 is 2.24 bits per heavy atom. The molecule has 2 rings (SSSR count). The van der Waals surface area contributed by atoms with Gasteiger partial charge in [0.05, 0.1) is 12.5 Å². The molecule has 0 fully saturated rings. The highest BCUT2D eigenvalue weighted by Crippen LogP contribution is 2.32. The van der Waals surface area contributed by atoms with Crippen LogP contribution >= 0.6 is 0 Å². The molecule has 0 unspecified atom stereocenters. The zero-order valence-corrected chi connectivity index (χ0v) is 12.3. The molecule has 0 spiro atoms. The number of rotatable bonds is 4. The van der Waals surface area contributed by atoms with Gasteiger partial charge in [-0.3, -0.25) is 4.79 Å². The molecule has 0 aliphatic rings. The summed E-state index contributed by atoms with van der Waals surface area (Å²) < 4.78 is 5.16. The van der Waals surface area contributed by atoms with Gasteiger partial charge in [-0.05, 0) is 25.5 Å². The van der Waals surface area contributed by atoms with E-state index < -0.39 is 0 Å². The first-order valence-electron chi connectivity index (χ1n) is 6.75. The average molecular weight is 286 g/mol. The SMILES string of the molecule is C/C=C(\C=C/CC)c1nc2c(OC)c(O)ccc2c(=O)[nH]1. The van der Waals surface area contributed by atoms with E-state index in [2.05, 4.69) is 9.97 Å². The number of phenolic OH excluding ortho intramolecular Hbond substituents is 1. The minimum Gasteiger partial charge on any atom is -0.504 e. The monoisotopic (exact) mass is 286 g/mol. The number of hydrogen-bond acceptors (Lipinski definition) is 4. The second-order valence-corrected chi connectivity index (χ2v) is 4.48. The van der Waals surface area contributed by atoms with Crippen LogP contribution in [0.5, 0.6) is 11.5 Å². The Hall–Kier alpha value is -2.56. The van der Waals surface area contributed by atoms with Crippen molar-refractivity contribution < 1.29 is 9.84 Å². The smallest absolute Gasteiger partial charge is 0.259 e. The van der Waals surface area contributed by atoms with Crippen LogP contribution < -0.4 is 10.3 Å². The number of hydrogen-bond donors (Lipinski definition) is 2. The van der Waals surface area contributed by atoms with E-state index in [1.54, 1.807) is 0 Å². The molecule has 0 aliphatic carbocycles. The maximum absolute atomic E-state index is 12.2. The third kappa shape index (κ3) is 2.81. The van der Waals surface area contributed by atoms with Gasteiger partial charge < -0.3 is 14.8 Å². The molecule has 2 N–H and O–H groups in total. The van der Waals surface area contributed by atoms with Crippen LogP contribution in [0, 0.1) is 0 Å². The molecular weight excluding hydrogens is 268 g/mol. The second kappa shape index (κ2) is 6.26. The van der Waals surface area contributed by atoms with Crippen molar-refractivity contribution in [3.63, 3.8) is 0 Å². The first-order chi connectivity index (χ1) is 10.1. The number of fused-ring (bicyclic) bond motifs is 1. The number of benzene rings is 1. The molecule has 1 aromatic carbocycles. The summed E-state index contributed by atoms with van der Waals surface area (Å²) in [5, 5.41) is 10.2. The van der Waals surface area contributed by atoms with E-state index in [-0.39, 0.29) is 17.1 Å². The van der Waals surface area contributed by atoms with E-state index in [1.807, 2.05) is 32.1 Å². The molecule has 5 nitrogen and oxygen atoms in total. The third-order valence-electron chi connectivity index (χ3n) is 3.13. The van der Waals surface area contributed by atoms with Crippen LogP contribution in [0.15, 0.2) is 35.2 Å². The van der Waals surface area contributed by atoms with Crippen molar-refractivity contribution in [2.45, 2.75) is 20.3 Å². The van der Waals surface area contributed by atoms with Crippen LogP contribution in [0.2, 0.25) is 0 Å². The minimum atomic E-state index is -0.266. The van der Waals surface area contributed by atoms with E-state index in [1.165, 1.54) is 19.2 Å². The van der Waals surface area contributed by atoms with Crippen LogP contribution in [-0.4, -0.2) is 22.2 Å². The predicted octanol–water partition coefficient (Wildman–Crippen LogP) is 3.01. The number of ether oxygens (including phenoxy) is 1. The number of aromatic nitrogens is 2. The third-order valence-corrected chi connectivity index (χ3v) is 3.13. The molecule has 1 heterocycles. The van der Waals surface area contributed by atoms with Gasteiger partial charge in [-0.1, -0.05) is 25.2 Å². The second-order valence-electron chi connectivity index (χ2n) is 4.48. The predicted molar refractivity (Wildman–Crippen MR) is 83.7 cm³/mol. The van der Waals surface area contributed by atoms with Gasteiger partial charge in [0.15, 0.2) is 11.5 Å². The van der Waals surface area contributed by atoms with E-state index >= 15 is 0 Å². The van der Waals surface area contributed by atoms with Gasteiger partial charge in [0, 0.05) is 5.57 Å². The van der Waals surface area contributed by atoms with Gasteiger partial charge in [-0.25, -0.2) is 4.98 Å². The Kier molecular flexibility index (Phi) is 4.42. The Bertz CT molecular complexity index is 773. The van der Waals surface area contributed by atoms with Crippen LogP contribution in [0.1, 0.15) is 26.1 Å². The lowest BCUT2D eigenvalue weighted by Crippen LogP contribution is -2.11. The first-order valence-corrected chi connectivity index (χ1v) is 6.75. The molecule has 0 aliphatic heterocycles. The maximum Gasteiger partial charge on any atom is 0.259 e. The van der Waals surface area contributed by atoms with E-state index in [4.69, 9.17) is 4.74 Å². The normalized spacial score (nSPS) is 12.2. The quantitative estimate of drug-likeness (QED) is 0.847. The lowest BCUT2D eigenvalue weighted by molar-refractivity contribution is 0.377. The van der Waals surface area contributed by atoms with Crippen LogP contribution in [0.25, 0.3) is 16.5 Å². The zero-order chi connectivity index (χ0) is 15.4. The van der Waals surface area contributed by atoms with E-state index in [0.29, 0.717) is 16.7 Å². The summed E-state index contributed by atoms with van der Waals surface area (Å²) in [6, 6.07) is 2.95. The zero-order valence-electron chi connectivity index (χ0n) is 12.3. The molecular formula is C16H18N2O3. The maximum atomic E-state index is 12.2. The summed E-state index contributed by atoms with van der Waals surface area (Å²) in [5.74, 6) is 0.610. The van der Waals surface area contributed by atoms with Gasteiger partial charge in [0.25, 0.3) is 5.56 Å². The molecule has 21 heavy (non-hydrogen) atoms. The number of H-pyrrole nitrogens is 1. The summed E-state index contributed by atoms with van der Waals surface area (Å²) in [7, 11) is 1.44. The highest BCUT2D eigenvalue weighted by Gasteiger charge is 2.13. The summed E-state index contributed by atoms with van der Waals surface area (Å²) in [5.41, 5.74) is 0.888. The summed E-state index contributed by atoms with van der Waals surface area (Å²) >= 11 is 0. The van der Waals surface area contributed by atoms with Gasteiger partial charge in [-0.15, -0.1) is 0 Å². The van der Waals surface area contributed by atoms with Crippen molar-refractivity contribution in [3.8, 4) is 11.5 Å². The van der Waals surface area contributed by atoms with Crippen molar-refractivity contribution in [1.29, 1.82) is 0 Å². The van der Waals surface area contributed by atoms with Gasteiger partial charge in [0.2, 0.25) is 0 Å². The molecule has 1 aromatic heterocycles. The minimum absolute atomic E-state index is 0.0415. The fourth-order valence-corrected chi connectivity index (χ4v) is 2.06. The number of aromatic amines is 1. The fourth-order valence-electron chi connectivity index (χ4n) is 2.06. The lowest BCUT2D eigenvalue weighted by atomic mass is 10.1. The fraction of sp³-hybridized carbons (Fsp3) is 0.250. The highest BCUT2D eigenvalue weighted by molar-refractivity contribution is 5.87. The molecule has 110 valence electrons. The van der Waals surface area contributed by atoms with Crippen LogP contribution in [0.3, 0.4) is 0 Å². The molecule has 0 saturated heterocycles. The van der Waals surface area contributed by atoms with Gasteiger partial charge in [-0.2, -0.15) is 0 Å². The van der Waals surface area contributed by atoms with Crippen molar-refractivity contribution >= 4 is 16.5 Å². The molecule has 2 aromatic rings. The van der Waals surface area contributed by atoms with Gasteiger partial charge >= 0.3 is 0 Å². The summed E-state index contributed by atoms with van der Waals surface area (Å²) in [6.45, 7) is 3.90. The molecule has 0 amide bonds. The standard InChI is InChI=1S/C16H18N2O3/c1-4-6-7-10(5-2)15-17-13-11(16(20)18-15)8-9-12(19)14(13)21-3/h5-9,19H,4H2,1-3H3,(H,17,18,20)/b7-6-,10-5+. The number of methoxy groups -OCH3 is 1. The first kappa shape index (κ1) is 14.8. The van der Waals surface area contributed by atoms with Crippen molar-refractivity contribution in [3.05, 3.63) is 46.5 Å². The Labute approximate surface area is 122 Å². The number of allylic oxidation sites excluding steroid dienone is 4. The average Bonchev–Trinajstić information content (AvgIpc) is 2.48. The molecule has 0 bridgehead atoms. The summed E-state index contributed by atoms with van der Waals surface area (Å²) in [6.07, 6.45) is 6.64. The van der Waals surface area contributed by atoms with E-state index in [9.17, 15) is 9.90 Å². The Morgan fingerprint density at radius 1 is 1.48 bits per heavy atom. The number of nitrogens with one attached hydrogen (secondary N) is 1. The molecule has 5 heteroatoms. The highest BCUT2D eigenvalue weighted by atomic mass is 16.5. The largest absolute Gasteiger partial charge is 0.504 e. The topological polar surface area (TPSA) is 75.2 Å². The van der Waals surface area contributed by atoms with Crippen LogP contribution in [0.4, 0.5) is 0 Å². The molecule has 0 saturated carbocycles. The van der Waals surface area contributed by atoms with Crippen LogP contribution in [-0.2, 0) is 0 Å². The van der Waals surface area contributed by atoms with Crippen molar-refractivity contribution in [1.82, 2.24) is 9.97 Å². The lowest BCUT2D eigenvalue weighted by Gasteiger charge is -2.08. The summed E-state index contributed by atoms with van der Waals surface area (Å²) in [4.78, 5) is 19.4. The number of aromatic hydroxyl groups is 1. The molecule has 0 radical (unpaired) electrons. The Morgan fingerprint density at radius 3 is 2.86 bits per heavy atom. The molecule has 0 atom stereocenters. The van der Waals surface area contributed by atoms with Crippen molar-refractivity contribution in [2.75, 3.05) is 7.11 Å².